The van der Waals surface area contributed by atoms with Crippen LogP contribution in [-0.4, -0.2) is 25.2 Å². The Labute approximate surface area is 186 Å². The van der Waals surface area contributed by atoms with E-state index < -0.39 is 17.3 Å². The Morgan fingerprint density at radius 1 is 1.19 bits per heavy atom. The number of halogens is 3. The molecule has 158 valence electrons. The maximum Gasteiger partial charge on any atom is 0.264 e. The highest BCUT2D eigenvalue weighted by Crippen LogP contribution is 2.21. The van der Waals surface area contributed by atoms with Crippen LogP contribution in [-0.2, 0) is 17.9 Å². The van der Waals surface area contributed by atoms with Gasteiger partial charge in [-0.05, 0) is 42.3 Å². The molecular weight excluding hydrogens is 444 g/mol. The van der Waals surface area contributed by atoms with Gasteiger partial charge in [-0.3, -0.25) is 14.2 Å². The first kappa shape index (κ1) is 21.0. The molecule has 0 aliphatic heterocycles. The lowest BCUT2D eigenvalue weighted by molar-refractivity contribution is -0.121. The van der Waals surface area contributed by atoms with Crippen LogP contribution in [0.5, 0.6) is 0 Å². The van der Waals surface area contributed by atoms with Gasteiger partial charge in [0.1, 0.15) is 24.1 Å². The number of hydrogen-bond donors (Lipinski definition) is 1. The summed E-state index contributed by atoms with van der Waals surface area (Å²) in [6, 6.07) is 9.55. The van der Waals surface area contributed by atoms with Gasteiger partial charge in [-0.2, -0.15) is 5.10 Å². The van der Waals surface area contributed by atoms with Gasteiger partial charge in [0.05, 0.1) is 16.9 Å². The summed E-state index contributed by atoms with van der Waals surface area (Å²) >= 11 is 11.8. The molecule has 1 N–H and O–H groups in total. The topological polar surface area (TPSA) is 81.8 Å². The van der Waals surface area contributed by atoms with E-state index in [0.29, 0.717) is 21.9 Å². The van der Waals surface area contributed by atoms with Crippen LogP contribution >= 0.6 is 23.2 Å². The van der Waals surface area contributed by atoms with Gasteiger partial charge in [-0.25, -0.2) is 14.1 Å². The van der Waals surface area contributed by atoms with Crippen LogP contribution in [0.15, 0.2) is 53.7 Å². The highest BCUT2D eigenvalue weighted by molar-refractivity contribution is 6.31. The second-order valence-corrected chi connectivity index (χ2v) is 7.77. The lowest BCUT2D eigenvalue weighted by atomic mass is 10.2. The Morgan fingerprint density at radius 2 is 2.00 bits per heavy atom. The largest absolute Gasteiger partial charge is 0.350 e. The van der Waals surface area contributed by atoms with Gasteiger partial charge in [0.15, 0.2) is 5.65 Å². The molecule has 2 aromatic heterocycles. The predicted octanol–water partition coefficient (Wildman–Crippen LogP) is 3.65. The lowest BCUT2D eigenvalue weighted by Gasteiger charge is -2.09. The number of nitrogens with one attached hydrogen (secondary N) is 1. The van der Waals surface area contributed by atoms with Crippen molar-refractivity contribution in [2.24, 2.45) is 0 Å². The van der Waals surface area contributed by atoms with Crippen LogP contribution in [0.4, 0.5) is 4.39 Å². The lowest BCUT2D eigenvalue weighted by Crippen LogP contribution is -2.32. The molecule has 0 unspecified atom stereocenters. The van der Waals surface area contributed by atoms with Crippen molar-refractivity contribution < 1.29 is 9.18 Å². The van der Waals surface area contributed by atoms with E-state index in [-0.39, 0.29) is 23.5 Å². The SMILES string of the molecule is Cc1ccc(Cl)cc1-n1ncc2c(=O)n(CC(=O)NCc3ccc(F)c(Cl)c3)cnc21. The minimum Gasteiger partial charge on any atom is -0.350 e. The van der Waals surface area contributed by atoms with E-state index in [1.807, 2.05) is 13.0 Å². The number of aryl methyl sites for hydroxylation is 1. The second kappa shape index (κ2) is 8.49. The van der Waals surface area contributed by atoms with E-state index in [9.17, 15) is 14.0 Å². The first-order valence-electron chi connectivity index (χ1n) is 9.24. The zero-order chi connectivity index (χ0) is 22.1. The number of aromatic nitrogens is 4. The van der Waals surface area contributed by atoms with Gasteiger partial charge in [0.2, 0.25) is 5.91 Å². The molecule has 2 aromatic carbocycles. The maximum atomic E-state index is 13.2. The molecule has 0 fully saturated rings. The van der Waals surface area contributed by atoms with E-state index in [2.05, 4.69) is 15.4 Å². The van der Waals surface area contributed by atoms with E-state index in [0.717, 1.165) is 5.56 Å². The number of rotatable bonds is 5. The highest BCUT2D eigenvalue weighted by atomic mass is 35.5. The van der Waals surface area contributed by atoms with Gasteiger partial charge < -0.3 is 5.32 Å². The Morgan fingerprint density at radius 3 is 2.77 bits per heavy atom. The third-order valence-electron chi connectivity index (χ3n) is 4.74. The third kappa shape index (κ3) is 4.30. The van der Waals surface area contributed by atoms with Crippen LogP contribution in [0.2, 0.25) is 10.0 Å². The molecule has 4 aromatic rings. The number of carbonyl (C=O) groups excluding carboxylic acids is 1. The average Bonchev–Trinajstić information content (AvgIpc) is 3.17. The molecule has 4 rings (SSSR count). The van der Waals surface area contributed by atoms with Crippen molar-refractivity contribution in [2.45, 2.75) is 20.0 Å². The molecule has 2 heterocycles. The number of amides is 1. The summed E-state index contributed by atoms with van der Waals surface area (Å²) in [5.74, 6) is -0.932. The van der Waals surface area contributed by atoms with Crippen molar-refractivity contribution in [3.63, 3.8) is 0 Å². The Bertz CT molecular complexity index is 1370. The van der Waals surface area contributed by atoms with Gasteiger partial charge in [-0.15, -0.1) is 0 Å². The number of carbonyl (C=O) groups is 1. The second-order valence-electron chi connectivity index (χ2n) is 6.93. The first-order chi connectivity index (χ1) is 14.8. The molecular formula is C21H16Cl2FN5O2. The molecule has 0 radical (unpaired) electrons. The van der Waals surface area contributed by atoms with Gasteiger partial charge in [0.25, 0.3) is 5.56 Å². The monoisotopic (exact) mass is 459 g/mol. The third-order valence-corrected chi connectivity index (χ3v) is 5.27. The van der Waals surface area contributed by atoms with Crippen molar-refractivity contribution in [2.75, 3.05) is 0 Å². The average molecular weight is 460 g/mol. The molecule has 0 aliphatic carbocycles. The minimum atomic E-state index is -0.531. The fourth-order valence-electron chi connectivity index (χ4n) is 3.11. The van der Waals surface area contributed by atoms with E-state index >= 15 is 0 Å². The zero-order valence-corrected chi connectivity index (χ0v) is 17.8. The summed E-state index contributed by atoms with van der Waals surface area (Å²) in [5.41, 5.74) is 2.24. The van der Waals surface area contributed by atoms with Crippen LogP contribution < -0.4 is 10.9 Å². The zero-order valence-electron chi connectivity index (χ0n) is 16.3. The molecule has 7 nitrogen and oxygen atoms in total. The Hall–Kier alpha value is -3.23. The fraction of sp³-hybridized carbons (Fsp3) is 0.143. The summed E-state index contributed by atoms with van der Waals surface area (Å²) in [5, 5.41) is 7.74. The van der Waals surface area contributed by atoms with Crippen molar-refractivity contribution in [3.05, 3.63) is 86.3 Å². The normalized spacial score (nSPS) is 11.1. The van der Waals surface area contributed by atoms with Crippen molar-refractivity contribution >= 4 is 40.1 Å². The van der Waals surface area contributed by atoms with Crippen molar-refractivity contribution in [1.29, 1.82) is 0 Å². The Balaban J connectivity index is 1.54. The molecule has 0 atom stereocenters. The highest BCUT2D eigenvalue weighted by Gasteiger charge is 2.14. The molecule has 10 heteroatoms. The van der Waals surface area contributed by atoms with E-state index in [4.69, 9.17) is 23.2 Å². The molecule has 0 saturated carbocycles. The van der Waals surface area contributed by atoms with E-state index in [1.54, 1.807) is 16.8 Å². The number of hydrogen-bond acceptors (Lipinski definition) is 4. The number of benzene rings is 2. The Kier molecular flexibility index (Phi) is 5.75. The van der Waals surface area contributed by atoms with Crippen LogP contribution in [0.3, 0.4) is 0 Å². The summed E-state index contributed by atoms with van der Waals surface area (Å²) in [4.78, 5) is 29.4. The van der Waals surface area contributed by atoms with Crippen LogP contribution in [0.1, 0.15) is 11.1 Å². The van der Waals surface area contributed by atoms with Gasteiger partial charge in [0, 0.05) is 11.6 Å². The first-order valence-corrected chi connectivity index (χ1v) is 9.99. The molecule has 0 saturated heterocycles. The standard InChI is InChI=1S/C21H16Cl2FN5O2/c1-12-2-4-14(22)7-18(12)29-20-15(9-27-29)21(31)28(11-26-20)10-19(30)25-8-13-3-5-17(24)16(23)6-13/h2-7,9,11H,8,10H2,1H3,(H,25,30). The molecule has 31 heavy (non-hydrogen) atoms. The molecule has 1 amide bonds. The minimum absolute atomic E-state index is 0.0235. The summed E-state index contributed by atoms with van der Waals surface area (Å²) < 4.78 is 16.0. The van der Waals surface area contributed by atoms with Gasteiger partial charge >= 0.3 is 0 Å². The summed E-state index contributed by atoms with van der Waals surface area (Å²) in [6.07, 6.45) is 2.72. The molecule has 0 aliphatic rings. The van der Waals surface area contributed by atoms with E-state index in [1.165, 1.54) is 35.3 Å². The van der Waals surface area contributed by atoms with Gasteiger partial charge in [-0.1, -0.05) is 35.3 Å². The quantitative estimate of drug-likeness (QED) is 0.493. The summed E-state index contributed by atoms with van der Waals surface area (Å²) in [7, 11) is 0. The predicted molar refractivity (Wildman–Crippen MR) is 116 cm³/mol. The van der Waals surface area contributed by atoms with Crippen molar-refractivity contribution in [3.8, 4) is 5.69 Å². The van der Waals surface area contributed by atoms with Crippen molar-refractivity contribution in [1.82, 2.24) is 24.6 Å². The van der Waals surface area contributed by atoms with Crippen LogP contribution in [0, 0.1) is 12.7 Å². The molecule has 0 spiro atoms. The summed E-state index contributed by atoms with van der Waals surface area (Å²) in [6.45, 7) is 1.83. The fourth-order valence-corrected chi connectivity index (χ4v) is 3.48. The number of fused-ring (bicyclic) bond motifs is 1. The smallest absolute Gasteiger partial charge is 0.264 e. The molecule has 0 bridgehead atoms. The maximum absolute atomic E-state index is 13.2. The number of nitrogens with zero attached hydrogens (tertiary/aromatic N) is 4. The van der Waals surface area contributed by atoms with Crippen LogP contribution in [0.25, 0.3) is 16.7 Å².